The number of fused-ring (bicyclic) bond motifs is 1. The molecule has 0 unspecified atom stereocenters. The second-order valence-corrected chi connectivity index (χ2v) is 8.97. The highest BCUT2D eigenvalue weighted by atomic mass is 32.2. The van der Waals surface area contributed by atoms with E-state index in [1.165, 1.54) is 11.3 Å². The van der Waals surface area contributed by atoms with Crippen LogP contribution in [-0.2, 0) is 16.0 Å². The Bertz CT molecular complexity index is 776. The van der Waals surface area contributed by atoms with Gasteiger partial charge in [-0.1, -0.05) is 36.4 Å². The third-order valence-electron chi connectivity index (χ3n) is 4.95. The Balaban J connectivity index is 1.64. The lowest BCUT2D eigenvalue weighted by Gasteiger charge is -2.33. The number of hydrogen-bond donors (Lipinski definition) is 1. The van der Waals surface area contributed by atoms with E-state index in [4.69, 9.17) is 9.84 Å². The smallest absolute Gasteiger partial charge is 0.341 e. The van der Waals surface area contributed by atoms with E-state index in [1.54, 1.807) is 0 Å². The van der Waals surface area contributed by atoms with Crippen molar-refractivity contribution in [3.63, 3.8) is 0 Å². The first-order chi connectivity index (χ1) is 13.0. The van der Waals surface area contributed by atoms with E-state index in [9.17, 15) is 4.79 Å². The molecule has 0 spiro atoms. The molecule has 3 rings (SSSR count). The summed E-state index contributed by atoms with van der Waals surface area (Å²) in [7, 11) is 0. The molecule has 0 aromatic heterocycles. The molecular formula is C22H27NO3S. The standard InChI is InChI=1S/C22H27NO3S/c1-22(2,17-8-4-3-5-9-17)27-15-14-23-13-7-10-18-19(23)11-6-12-20(18)26-16-21(24)25/h3-6,8-9,11-12H,7,10,13-16H2,1-2H3,(H,24,25). The second kappa shape index (κ2) is 8.70. The van der Waals surface area contributed by atoms with Gasteiger partial charge in [0, 0.05) is 34.8 Å². The molecule has 0 bridgehead atoms. The fraction of sp³-hybridized carbons (Fsp3) is 0.409. The average molecular weight is 386 g/mol. The van der Waals surface area contributed by atoms with Crippen LogP contribution in [0.1, 0.15) is 31.4 Å². The Morgan fingerprint density at radius 3 is 2.70 bits per heavy atom. The van der Waals surface area contributed by atoms with Crippen LogP contribution in [0.3, 0.4) is 0 Å². The summed E-state index contributed by atoms with van der Waals surface area (Å²) in [6.45, 7) is 6.25. The van der Waals surface area contributed by atoms with Crippen molar-refractivity contribution in [2.75, 3.05) is 30.3 Å². The number of benzene rings is 2. The Kier molecular flexibility index (Phi) is 6.32. The van der Waals surface area contributed by atoms with Gasteiger partial charge in [0.25, 0.3) is 0 Å². The van der Waals surface area contributed by atoms with Crippen LogP contribution in [0.2, 0.25) is 0 Å². The Morgan fingerprint density at radius 1 is 1.19 bits per heavy atom. The van der Waals surface area contributed by atoms with Crippen molar-refractivity contribution in [2.24, 2.45) is 0 Å². The number of carboxylic acid groups (broad SMARTS) is 1. The molecule has 2 aromatic rings. The number of ether oxygens (including phenoxy) is 1. The molecule has 0 fully saturated rings. The number of aliphatic carboxylic acids is 1. The number of thioether (sulfide) groups is 1. The van der Waals surface area contributed by atoms with E-state index < -0.39 is 5.97 Å². The van der Waals surface area contributed by atoms with Crippen molar-refractivity contribution in [1.29, 1.82) is 0 Å². The highest BCUT2D eigenvalue weighted by Gasteiger charge is 2.23. The van der Waals surface area contributed by atoms with E-state index in [0.29, 0.717) is 5.75 Å². The average Bonchev–Trinajstić information content (AvgIpc) is 2.67. The van der Waals surface area contributed by atoms with Gasteiger partial charge in [-0.2, -0.15) is 0 Å². The van der Waals surface area contributed by atoms with Gasteiger partial charge >= 0.3 is 5.97 Å². The number of carboxylic acids is 1. The molecule has 5 heteroatoms. The molecule has 1 heterocycles. The summed E-state index contributed by atoms with van der Waals surface area (Å²) in [4.78, 5) is 13.2. The van der Waals surface area contributed by atoms with Crippen LogP contribution in [0.25, 0.3) is 0 Å². The third-order valence-corrected chi connectivity index (χ3v) is 6.29. The summed E-state index contributed by atoms with van der Waals surface area (Å²) in [6, 6.07) is 16.6. The number of nitrogens with zero attached hydrogens (tertiary/aromatic N) is 1. The van der Waals surface area contributed by atoms with Crippen LogP contribution in [-0.4, -0.2) is 36.5 Å². The van der Waals surface area contributed by atoms with Crippen LogP contribution in [0.4, 0.5) is 5.69 Å². The second-order valence-electron chi connectivity index (χ2n) is 7.25. The van der Waals surface area contributed by atoms with E-state index >= 15 is 0 Å². The first-order valence-corrected chi connectivity index (χ1v) is 10.4. The zero-order valence-corrected chi connectivity index (χ0v) is 16.8. The van der Waals surface area contributed by atoms with Crippen LogP contribution < -0.4 is 9.64 Å². The topological polar surface area (TPSA) is 49.8 Å². The van der Waals surface area contributed by atoms with Gasteiger partial charge < -0.3 is 14.7 Å². The van der Waals surface area contributed by atoms with Gasteiger partial charge in [-0.25, -0.2) is 4.79 Å². The van der Waals surface area contributed by atoms with Crippen molar-refractivity contribution in [3.8, 4) is 5.75 Å². The maximum Gasteiger partial charge on any atom is 0.341 e. The van der Waals surface area contributed by atoms with Crippen molar-refractivity contribution in [3.05, 3.63) is 59.7 Å². The van der Waals surface area contributed by atoms with Gasteiger partial charge in [0.05, 0.1) is 0 Å². The predicted octanol–water partition coefficient (Wildman–Crippen LogP) is 4.57. The maximum atomic E-state index is 10.8. The minimum absolute atomic E-state index is 0.0757. The molecule has 2 aromatic carbocycles. The first kappa shape index (κ1) is 19.6. The molecule has 0 saturated carbocycles. The normalized spacial score (nSPS) is 13.9. The van der Waals surface area contributed by atoms with Crippen LogP contribution in [0, 0.1) is 0 Å². The molecule has 0 amide bonds. The van der Waals surface area contributed by atoms with Crippen LogP contribution in [0.15, 0.2) is 48.5 Å². The van der Waals surface area contributed by atoms with Gasteiger partial charge in [-0.15, -0.1) is 11.8 Å². The van der Waals surface area contributed by atoms with E-state index in [-0.39, 0.29) is 11.4 Å². The first-order valence-electron chi connectivity index (χ1n) is 9.38. The zero-order valence-electron chi connectivity index (χ0n) is 16.0. The molecule has 1 aliphatic heterocycles. The number of carbonyl (C=O) groups is 1. The summed E-state index contributed by atoms with van der Waals surface area (Å²) in [5, 5.41) is 8.88. The lowest BCUT2D eigenvalue weighted by molar-refractivity contribution is -0.139. The molecule has 0 aliphatic carbocycles. The molecule has 0 atom stereocenters. The molecule has 1 aliphatic rings. The van der Waals surface area contributed by atoms with Crippen molar-refractivity contribution >= 4 is 23.4 Å². The third kappa shape index (κ3) is 4.98. The molecule has 27 heavy (non-hydrogen) atoms. The fourth-order valence-corrected chi connectivity index (χ4v) is 4.63. The van der Waals surface area contributed by atoms with Gasteiger partial charge in [0.1, 0.15) is 5.75 Å². The molecule has 144 valence electrons. The zero-order chi connectivity index (χ0) is 19.3. The fourth-order valence-electron chi connectivity index (χ4n) is 3.51. The SMILES string of the molecule is CC(C)(SCCN1CCCc2c(OCC(=O)O)cccc21)c1ccccc1. The summed E-state index contributed by atoms with van der Waals surface area (Å²) in [5.74, 6) is 0.790. The van der Waals surface area contributed by atoms with Crippen molar-refractivity contribution in [2.45, 2.75) is 31.4 Å². The largest absolute Gasteiger partial charge is 0.482 e. The van der Waals surface area contributed by atoms with Gasteiger partial charge in [0.15, 0.2) is 6.61 Å². The van der Waals surface area contributed by atoms with Crippen molar-refractivity contribution < 1.29 is 14.6 Å². The Hall–Kier alpha value is -2.14. The minimum atomic E-state index is -0.945. The van der Waals surface area contributed by atoms with E-state index in [0.717, 1.165) is 37.2 Å². The molecular weight excluding hydrogens is 358 g/mol. The van der Waals surface area contributed by atoms with Crippen molar-refractivity contribution in [1.82, 2.24) is 0 Å². The van der Waals surface area contributed by atoms with Gasteiger partial charge in [-0.3, -0.25) is 0 Å². The predicted molar refractivity (Wildman–Crippen MR) is 112 cm³/mol. The minimum Gasteiger partial charge on any atom is -0.482 e. The van der Waals surface area contributed by atoms with Gasteiger partial charge in [0.2, 0.25) is 0 Å². The molecule has 1 N–H and O–H groups in total. The molecule has 4 nitrogen and oxygen atoms in total. The summed E-state index contributed by atoms with van der Waals surface area (Å²) >= 11 is 1.97. The summed E-state index contributed by atoms with van der Waals surface area (Å²) < 4.78 is 5.58. The van der Waals surface area contributed by atoms with E-state index in [1.807, 2.05) is 23.9 Å². The number of hydrogen-bond acceptors (Lipinski definition) is 4. The molecule has 0 saturated heterocycles. The monoisotopic (exact) mass is 385 g/mol. The number of rotatable bonds is 8. The lowest BCUT2D eigenvalue weighted by Crippen LogP contribution is -2.32. The summed E-state index contributed by atoms with van der Waals surface area (Å²) in [6.07, 6.45) is 2.00. The highest BCUT2D eigenvalue weighted by Crippen LogP contribution is 2.37. The maximum absolute atomic E-state index is 10.8. The summed E-state index contributed by atoms with van der Waals surface area (Å²) in [5.41, 5.74) is 3.66. The lowest BCUT2D eigenvalue weighted by atomic mass is 10.0. The highest BCUT2D eigenvalue weighted by molar-refractivity contribution is 8.00. The van der Waals surface area contributed by atoms with Crippen LogP contribution in [0.5, 0.6) is 5.75 Å². The quantitative estimate of drug-likeness (QED) is 0.721. The Labute approximate surface area is 165 Å². The number of anilines is 1. The Morgan fingerprint density at radius 2 is 1.96 bits per heavy atom. The van der Waals surface area contributed by atoms with E-state index in [2.05, 4.69) is 55.1 Å². The van der Waals surface area contributed by atoms with Crippen LogP contribution >= 0.6 is 11.8 Å². The molecule has 0 radical (unpaired) electrons. The van der Waals surface area contributed by atoms with Gasteiger partial charge in [-0.05, 0) is 44.4 Å².